The zero-order valence-electron chi connectivity index (χ0n) is 32.9. The van der Waals surface area contributed by atoms with Crippen LogP contribution >= 0.6 is 0 Å². The fourth-order valence-electron chi connectivity index (χ4n) is 7.58. The first-order chi connectivity index (χ1) is 27.0. The van der Waals surface area contributed by atoms with E-state index in [0.717, 1.165) is 17.0 Å². The number of hydrogen-bond acceptors (Lipinski definition) is 12. The highest BCUT2D eigenvalue weighted by Gasteiger charge is 2.47. The molecular weight excluding hydrogens is 817 g/mol. The maximum Gasteiger partial charge on any atom is 0.333 e. The molecule has 58 heavy (non-hydrogen) atoms. The molecule has 4 rings (SSSR count). The van der Waals surface area contributed by atoms with Crippen LogP contribution in [0.2, 0.25) is 0 Å². The van der Waals surface area contributed by atoms with Gasteiger partial charge in [-0.3, -0.25) is 28.3 Å². The highest BCUT2D eigenvalue weighted by atomic mass is 32.2. The molecule has 17 nitrogen and oxygen atoms in total. The van der Waals surface area contributed by atoms with E-state index in [1.807, 2.05) is 50.3 Å². The Morgan fingerprint density at radius 2 is 1.40 bits per heavy atom. The van der Waals surface area contributed by atoms with Gasteiger partial charge in [0.1, 0.15) is 6.54 Å². The maximum absolute atomic E-state index is 12.3. The Balaban J connectivity index is 1.58. The van der Waals surface area contributed by atoms with E-state index in [9.17, 15) is 53.3 Å². The summed E-state index contributed by atoms with van der Waals surface area (Å²) in [5.41, 5.74) is 2.69. The molecule has 320 valence electrons. The molecule has 1 aromatic rings. The summed E-state index contributed by atoms with van der Waals surface area (Å²) in [6.07, 6.45) is 11.9. The number of allylic oxidation sites excluding steroid dienone is 6. The number of carbonyl (C=O) groups is 3. The average Bonchev–Trinajstić information content (AvgIpc) is 3.64. The van der Waals surface area contributed by atoms with Gasteiger partial charge in [0.05, 0.1) is 22.7 Å². The number of hydroxylamine groups is 2. The van der Waals surface area contributed by atoms with E-state index < -0.39 is 76.2 Å². The third-order valence-electron chi connectivity index (χ3n) is 10.7. The van der Waals surface area contributed by atoms with Crippen molar-refractivity contribution < 1.29 is 62.7 Å². The number of nitrogens with zero attached hydrogens (tertiary/aromatic N) is 4. The number of carbonyl (C=O) groups excluding carboxylic acids is 3. The number of benzene rings is 1. The second-order valence-electron chi connectivity index (χ2n) is 15.1. The summed E-state index contributed by atoms with van der Waals surface area (Å²) in [6.45, 7) is 6.37. The van der Waals surface area contributed by atoms with Gasteiger partial charge in [0, 0.05) is 66.8 Å². The van der Waals surface area contributed by atoms with Gasteiger partial charge in [-0.25, -0.2) is 4.79 Å². The van der Waals surface area contributed by atoms with Crippen molar-refractivity contribution in [3.05, 3.63) is 65.9 Å². The normalized spacial score (nSPS) is 22.3. The van der Waals surface area contributed by atoms with Gasteiger partial charge in [-0.15, -0.1) is 5.06 Å². The Morgan fingerprint density at radius 1 is 0.810 bits per heavy atom. The van der Waals surface area contributed by atoms with E-state index in [1.165, 1.54) is 0 Å². The maximum atomic E-state index is 12.3. The van der Waals surface area contributed by atoms with Gasteiger partial charge in [0.25, 0.3) is 42.2 Å². The van der Waals surface area contributed by atoms with Gasteiger partial charge in [-0.2, -0.15) is 34.9 Å². The average molecular weight is 870 g/mol. The van der Waals surface area contributed by atoms with Crippen molar-refractivity contribution in [3.8, 4) is 0 Å². The first-order valence-electron chi connectivity index (χ1n) is 19.1. The molecule has 2 unspecified atom stereocenters. The highest BCUT2D eigenvalue weighted by Crippen LogP contribution is 2.44. The van der Waals surface area contributed by atoms with Crippen molar-refractivity contribution in [2.75, 3.05) is 30.3 Å². The van der Waals surface area contributed by atoms with Gasteiger partial charge in [-0.05, 0) is 71.8 Å². The second kappa shape index (κ2) is 19.3. The lowest BCUT2D eigenvalue weighted by atomic mass is 9.76. The molecule has 3 N–H and O–H groups in total. The molecule has 1 saturated heterocycles. The third kappa shape index (κ3) is 12.7. The second-order valence-corrected chi connectivity index (χ2v) is 19.8. The molecule has 0 aliphatic carbocycles. The molecule has 3 aliphatic heterocycles. The number of imide groups is 1. The first-order valence-corrected chi connectivity index (χ1v) is 23.9. The molecule has 0 aromatic heterocycles. The summed E-state index contributed by atoms with van der Waals surface area (Å²) in [5, 5.41) is 6.77. The molecule has 3 heterocycles. The van der Waals surface area contributed by atoms with Crippen molar-refractivity contribution in [1.29, 1.82) is 0 Å². The van der Waals surface area contributed by atoms with Crippen LogP contribution in [0.3, 0.4) is 0 Å². The number of amides is 2. The summed E-state index contributed by atoms with van der Waals surface area (Å²) in [4.78, 5) is 40.9. The van der Waals surface area contributed by atoms with Crippen molar-refractivity contribution in [1.82, 2.24) is 10.1 Å². The number of para-hydroxylation sites is 1. The topological polar surface area (TPSA) is 245 Å². The summed E-state index contributed by atoms with van der Waals surface area (Å²) in [6, 6.07) is 7.76. The number of rotatable bonds is 22. The Hall–Kier alpha value is -4.08. The molecule has 0 spiro atoms. The molecule has 0 radical (unpaired) electrons. The lowest BCUT2D eigenvalue weighted by Gasteiger charge is -2.29. The van der Waals surface area contributed by atoms with E-state index in [0.29, 0.717) is 55.1 Å². The lowest BCUT2D eigenvalue weighted by Crippen LogP contribution is -2.32. The Labute approximate surface area is 340 Å². The fourth-order valence-corrected chi connectivity index (χ4v) is 9.09. The van der Waals surface area contributed by atoms with Crippen molar-refractivity contribution in [2.24, 2.45) is 10.5 Å². The molecule has 3 aliphatic rings. The predicted molar refractivity (Wildman–Crippen MR) is 216 cm³/mol. The van der Waals surface area contributed by atoms with Crippen LogP contribution in [-0.4, -0.2) is 113 Å². The Bertz CT molecular complexity index is 2220. The molecule has 2 amide bonds. The van der Waals surface area contributed by atoms with Crippen molar-refractivity contribution in [2.45, 2.75) is 96.8 Å². The SMILES string of the molecule is CC1=NN(CCCS(=O)(=O)O)\C(=C/C=C/C=C/C2=[N+](CCCCCC(=O)ON3C(=O)CCC3=O)c3ccccc3C2(C)CCCS(=O)(=O)O)C1(C)CCCS(=O)(=O)O. The smallest absolute Gasteiger partial charge is 0.330 e. The molecule has 0 saturated carbocycles. The number of unbranched alkanes of at least 4 members (excludes halogenated alkanes) is 2. The monoisotopic (exact) mass is 869 g/mol. The van der Waals surface area contributed by atoms with Crippen LogP contribution in [0.25, 0.3) is 0 Å². The summed E-state index contributed by atoms with van der Waals surface area (Å²) in [5.74, 6) is -3.08. The standard InChI is InChI=1S/C38H52N4O13S3/c1-29-37(2,22-12-26-56(46,47)48)33(41(39-29)25-14-28-58(52,53)54)18-7-4-6-17-32-38(3,23-13-27-57(49,50)51)30-15-9-10-16-31(30)40(32)24-11-5-8-19-36(45)55-42-34(43)20-21-35(42)44/h4,6-7,9-10,15-18H,5,8,11-14,19-28H2,1-3H3,(H2-,46,47,48,49,50,51,52,53,54)/p+1. The van der Waals surface area contributed by atoms with Crippen LogP contribution < -0.4 is 0 Å². The number of fused-ring (bicyclic) bond motifs is 1. The molecule has 1 fully saturated rings. The molecule has 0 bridgehead atoms. The largest absolute Gasteiger partial charge is 0.333 e. The minimum atomic E-state index is -4.21. The van der Waals surface area contributed by atoms with Crippen LogP contribution in [0.15, 0.2) is 65.4 Å². The van der Waals surface area contributed by atoms with Gasteiger partial charge in [0.15, 0.2) is 5.71 Å². The van der Waals surface area contributed by atoms with Gasteiger partial charge in [0.2, 0.25) is 5.69 Å². The highest BCUT2D eigenvalue weighted by molar-refractivity contribution is 7.86. The van der Waals surface area contributed by atoms with Crippen molar-refractivity contribution >= 4 is 65.2 Å². The van der Waals surface area contributed by atoms with E-state index in [4.69, 9.17) is 4.84 Å². The third-order valence-corrected chi connectivity index (χ3v) is 13.1. The zero-order valence-corrected chi connectivity index (χ0v) is 35.4. The van der Waals surface area contributed by atoms with E-state index >= 15 is 0 Å². The molecule has 2 atom stereocenters. The lowest BCUT2D eigenvalue weighted by molar-refractivity contribution is -0.438. The minimum Gasteiger partial charge on any atom is -0.330 e. The van der Waals surface area contributed by atoms with Crippen molar-refractivity contribution in [3.63, 3.8) is 0 Å². The van der Waals surface area contributed by atoms with Gasteiger partial charge >= 0.3 is 5.97 Å². The van der Waals surface area contributed by atoms with Crippen LogP contribution in [0, 0.1) is 5.41 Å². The quantitative estimate of drug-likeness (QED) is 0.0477. The minimum absolute atomic E-state index is 0.00956. The Morgan fingerprint density at radius 3 is 2.02 bits per heavy atom. The molecule has 20 heteroatoms. The molecule has 1 aromatic carbocycles. The molecular formula is C38H53N4O13S3+. The van der Waals surface area contributed by atoms with Crippen LogP contribution in [-0.2, 0) is 55.0 Å². The fraction of sp³-hybridized carbons (Fsp3) is 0.553. The summed E-state index contributed by atoms with van der Waals surface area (Å²) >= 11 is 0. The number of hydrogen-bond donors (Lipinski definition) is 3. The van der Waals surface area contributed by atoms with Crippen LogP contribution in [0.5, 0.6) is 0 Å². The number of hydrazone groups is 1. The van der Waals surface area contributed by atoms with Gasteiger partial charge in [-0.1, -0.05) is 36.4 Å². The van der Waals surface area contributed by atoms with Crippen LogP contribution in [0.1, 0.15) is 97.0 Å². The Kier molecular flexibility index (Phi) is 15.5. The first kappa shape index (κ1) is 46.6. The summed E-state index contributed by atoms with van der Waals surface area (Å²) < 4.78 is 99.3. The van der Waals surface area contributed by atoms with Crippen LogP contribution in [0.4, 0.5) is 5.69 Å². The van der Waals surface area contributed by atoms with E-state index in [1.54, 1.807) is 30.2 Å². The predicted octanol–water partition coefficient (Wildman–Crippen LogP) is 4.52. The van der Waals surface area contributed by atoms with Gasteiger partial charge < -0.3 is 4.84 Å². The summed E-state index contributed by atoms with van der Waals surface area (Å²) in [7, 11) is -12.6. The zero-order chi connectivity index (χ0) is 42.9. The van der Waals surface area contributed by atoms with E-state index in [-0.39, 0.29) is 45.1 Å². The van der Waals surface area contributed by atoms with E-state index in [2.05, 4.69) is 9.68 Å².